The van der Waals surface area contributed by atoms with Crippen molar-refractivity contribution >= 4 is 61.3 Å². The van der Waals surface area contributed by atoms with Crippen molar-refractivity contribution in [2.75, 3.05) is 0 Å². The van der Waals surface area contributed by atoms with Gasteiger partial charge in [0.05, 0.1) is 16.5 Å². The van der Waals surface area contributed by atoms with Crippen LogP contribution in [0.5, 0.6) is 11.5 Å². The van der Waals surface area contributed by atoms with Gasteiger partial charge in [0.25, 0.3) is 5.69 Å². The Morgan fingerprint density at radius 1 is 0.559 bits per heavy atom. The number of pyridine rings is 1. The molecule has 2 aromatic heterocycles. The molecule has 0 N–H and O–H groups in total. The zero-order chi connectivity index (χ0) is 38.6. The third-order valence-electron chi connectivity index (χ3n) is 10.9. The molecule has 0 saturated carbocycles. The molecular formula is C53H34N4OPd+2. The summed E-state index contributed by atoms with van der Waals surface area (Å²) in [6.07, 6.45) is 1.85. The zero-order valence-electron chi connectivity index (χ0n) is 31.9. The third kappa shape index (κ3) is 6.28. The molecule has 0 aliphatic carbocycles. The van der Waals surface area contributed by atoms with Gasteiger partial charge in [-0.2, -0.15) is 12.1 Å². The molecule has 0 amide bonds. The van der Waals surface area contributed by atoms with E-state index in [2.05, 4.69) is 197 Å². The minimum Gasteiger partial charge on any atom is -0.509 e. The molecule has 0 radical (unpaired) electrons. The third-order valence-corrected chi connectivity index (χ3v) is 10.9. The number of ether oxygens (including phenoxy) is 1. The van der Waals surface area contributed by atoms with Crippen LogP contribution < -0.4 is 13.9 Å². The number of hydrogen-bond acceptors (Lipinski definition) is 2. The normalized spacial score (nSPS) is 11.9. The minimum absolute atomic E-state index is 0. The molecule has 0 bridgehead atoms. The molecule has 10 aromatic rings. The van der Waals surface area contributed by atoms with Crippen LogP contribution in [-0.2, 0) is 20.4 Å². The number of aryl methyl sites for hydroxylation is 1. The van der Waals surface area contributed by atoms with E-state index in [-0.39, 0.29) is 20.4 Å². The summed E-state index contributed by atoms with van der Waals surface area (Å²) >= 11 is 0. The Balaban J connectivity index is 0.00000420. The largest absolute Gasteiger partial charge is 2.00 e. The van der Waals surface area contributed by atoms with E-state index in [1.807, 2.05) is 30.5 Å². The number of rotatable bonds is 7. The van der Waals surface area contributed by atoms with Crippen molar-refractivity contribution < 1.29 is 25.2 Å². The van der Waals surface area contributed by atoms with Gasteiger partial charge < -0.3 is 9.30 Å². The van der Waals surface area contributed by atoms with Crippen molar-refractivity contribution in [3.63, 3.8) is 0 Å². The maximum absolute atomic E-state index is 6.61. The number of benzene rings is 8. The van der Waals surface area contributed by atoms with Crippen molar-refractivity contribution in [2.24, 2.45) is 0 Å². The summed E-state index contributed by atoms with van der Waals surface area (Å²) < 4.78 is 13.1. The molecule has 59 heavy (non-hydrogen) atoms. The summed E-state index contributed by atoms with van der Waals surface area (Å²) in [6, 6.07) is 74.2. The molecule has 1 aliphatic heterocycles. The van der Waals surface area contributed by atoms with Crippen LogP contribution in [0.2, 0.25) is 0 Å². The monoisotopic (exact) mass is 848 g/mol. The van der Waals surface area contributed by atoms with Crippen LogP contribution in [0.15, 0.2) is 188 Å². The first kappa shape index (κ1) is 36.2. The van der Waals surface area contributed by atoms with Crippen LogP contribution in [0, 0.1) is 19.1 Å². The SMILES string of the molecule is Cc1ccnc(-n2c3[c-]c(Oc4[c-]c([N+]5=C=[N+](c6c(-c7ccccc7)cccc6-c6ccccc6)c6c5ccc5ccccc65)ccc4)ccc3c3ccccc32)c1.[Pd+2]. The van der Waals surface area contributed by atoms with Crippen LogP contribution in [0.25, 0.3) is 60.6 Å². The van der Waals surface area contributed by atoms with Gasteiger partial charge >= 0.3 is 32.1 Å². The molecule has 5 nitrogen and oxygen atoms in total. The molecular weight excluding hydrogens is 815 g/mol. The van der Waals surface area contributed by atoms with Crippen LogP contribution in [-0.4, -0.2) is 15.6 Å². The van der Waals surface area contributed by atoms with Gasteiger partial charge in [-0.3, -0.25) is 0 Å². The van der Waals surface area contributed by atoms with Crippen molar-refractivity contribution in [3.8, 4) is 39.6 Å². The second-order valence-corrected chi connectivity index (χ2v) is 14.5. The average Bonchev–Trinajstić information content (AvgIpc) is 3.83. The van der Waals surface area contributed by atoms with Crippen LogP contribution in [0.1, 0.15) is 5.56 Å². The summed E-state index contributed by atoms with van der Waals surface area (Å²) in [4.78, 5) is 4.74. The van der Waals surface area contributed by atoms with Gasteiger partial charge in [-0.05, 0) is 81.4 Å². The number of aromatic nitrogens is 2. The van der Waals surface area contributed by atoms with E-state index >= 15 is 0 Å². The first-order valence-electron chi connectivity index (χ1n) is 19.4. The second kappa shape index (κ2) is 15.0. The van der Waals surface area contributed by atoms with Crippen LogP contribution in [0.3, 0.4) is 0 Å². The Morgan fingerprint density at radius 3 is 2.00 bits per heavy atom. The summed E-state index contributed by atoms with van der Waals surface area (Å²) in [5.74, 6) is 2.00. The Kier molecular flexibility index (Phi) is 9.17. The number of fused-ring (bicyclic) bond motifs is 6. The molecule has 8 aromatic carbocycles. The fourth-order valence-corrected chi connectivity index (χ4v) is 8.25. The van der Waals surface area contributed by atoms with Gasteiger partial charge in [-0.1, -0.05) is 125 Å². The van der Waals surface area contributed by atoms with Crippen molar-refractivity contribution in [2.45, 2.75) is 6.92 Å². The number of hydrogen-bond donors (Lipinski definition) is 0. The molecule has 0 fully saturated rings. The Hall–Kier alpha value is -7.19. The smallest absolute Gasteiger partial charge is 0.509 e. The predicted molar refractivity (Wildman–Crippen MR) is 237 cm³/mol. The van der Waals surface area contributed by atoms with Gasteiger partial charge in [-0.25, -0.2) is 4.98 Å². The van der Waals surface area contributed by atoms with Gasteiger partial charge in [-0.15, -0.1) is 23.6 Å². The topological polar surface area (TPSA) is 33.1 Å². The molecule has 280 valence electrons. The first-order chi connectivity index (χ1) is 28.7. The zero-order valence-corrected chi connectivity index (χ0v) is 33.5. The molecule has 1 aliphatic rings. The second-order valence-electron chi connectivity index (χ2n) is 14.5. The Morgan fingerprint density at radius 2 is 1.24 bits per heavy atom. The Labute approximate surface area is 355 Å². The van der Waals surface area contributed by atoms with E-state index in [4.69, 9.17) is 9.72 Å². The van der Waals surface area contributed by atoms with E-state index in [9.17, 15) is 0 Å². The van der Waals surface area contributed by atoms with Gasteiger partial charge in [0, 0.05) is 29.3 Å². The summed E-state index contributed by atoms with van der Waals surface area (Å²) in [6.45, 7) is 2.08. The molecule has 0 atom stereocenters. The maximum Gasteiger partial charge on any atom is 2.00 e. The van der Waals surface area contributed by atoms with Gasteiger partial charge in [0.1, 0.15) is 11.5 Å². The summed E-state index contributed by atoms with van der Waals surface area (Å²) in [5.41, 5.74) is 11.5. The van der Waals surface area contributed by atoms with E-state index in [0.717, 1.165) is 89.0 Å². The van der Waals surface area contributed by atoms with Crippen molar-refractivity contribution in [1.29, 1.82) is 0 Å². The van der Waals surface area contributed by atoms with E-state index in [1.54, 1.807) is 0 Å². The fraction of sp³-hybridized carbons (Fsp3) is 0.0189. The molecule has 0 unspecified atom stereocenters. The van der Waals surface area contributed by atoms with E-state index in [0.29, 0.717) is 11.5 Å². The standard InChI is InChI=1S/C53H34N4O.Pd/c1-36-30-31-54-51(32-36)57-48-25-11-10-22-46(48)47-28-27-42(34-50(47)57)58-41-20-12-19-40(33-41)55-35-56(53-45-21-9-8-18-39(45)26-29-49(53)55)52-43(37-14-4-2-5-15-37)23-13-24-44(52)38-16-6-3-7-17-38;/h2-32H,1H3;/q;+2. The van der Waals surface area contributed by atoms with E-state index < -0.39 is 0 Å². The summed E-state index contributed by atoms with van der Waals surface area (Å²) in [7, 11) is 0. The minimum atomic E-state index is 0. The van der Waals surface area contributed by atoms with Crippen molar-refractivity contribution in [1.82, 2.24) is 18.7 Å². The summed E-state index contributed by atoms with van der Waals surface area (Å²) in [5, 5.41) is 4.50. The Bertz CT molecular complexity index is 3250. The number of para-hydroxylation sites is 2. The van der Waals surface area contributed by atoms with Crippen LogP contribution >= 0.6 is 0 Å². The number of nitrogens with zero attached hydrogens (tertiary/aromatic N) is 4. The van der Waals surface area contributed by atoms with Crippen molar-refractivity contribution in [3.05, 3.63) is 206 Å². The molecule has 6 heteroatoms. The molecule has 0 saturated heterocycles. The van der Waals surface area contributed by atoms with Gasteiger partial charge in [0.2, 0.25) is 5.69 Å². The first-order valence-corrected chi connectivity index (χ1v) is 19.4. The predicted octanol–water partition coefficient (Wildman–Crippen LogP) is 13.2. The fourth-order valence-electron chi connectivity index (χ4n) is 8.25. The maximum atomic E-state index is 6.61. The van der Waals surface area contributed by atoms with Gasteiger partial charge in [0.15, 0.2) is 0 Å². The molecule has 11 rings (SSSR count). The average molecular weight is 849 g/mol. The quantitative estimate of drug-likeness (QED) is 0.0909. The molecule has 3 heterocycles. The van der Waals surface area contributed by atoms with E-state index in [1.165, 1.54) is 0 Å². The van der Waals surface area contributed by atoms with Crippen LogP contribution in [0.4, 0.5) is 22.7 Å². The molecule has 0 spiro atoms.